The number of nitrogens with zero attached hydrogens (tertiary/aromatic N) is 2. The molecule has 1 fully saturated rings. The molecule has 1 aromatic heterocycles. The molecule has 0 bridgehead atoms. The Balaban J connectivity index is 1.70. The van der Waals surface area contributed by atoms with Gasteiger partial charge in [-0.1, -0.05) is 20.8 Å². The van der Waals surface area contributed by atoms with Gasteiger partial charge in [-0.2, -0.15) is 0 Å². The molecule has 6 heteroatoms. The normalized spacial score (nSPS) is 16.5. The molecule has 1 aromatic rings. The van der Waals surface area contributed by atoms with Crippen LogP contribution in [0.15, 0.2) is 4.42 Å². The minimum absolute atomic E-state index is 0.0771. The van der Waals surface area contributed by atoms with Crippen molar-refractivity contribution < 1.29 is 9.21 Å². The second-order valence-electron chi connectivity index (χ2n) is 7.22. The molecule has 1 aliphatic heterocycles. The van der Waals surface area contributed by atoms with Gasteiger partial charge in [0.05, 0.1) is 5.69 Å². The minimum Gasteiger partial charge on any atom is -0.445 e. The summed E-state index contributed by atoms with van der Waals surface area (Å²) in [5.41, 5.74) is 0.790. The molecule has 2 N–H and O–H groups in total. The van der Waals surface area contributed by atoms with E-state index >= 15 is 0 Å². The SMILES string of the molecule is Cc1nc(C(C)(C)C)oc1CCC(=O)NCCN1CCNCC1. The third kappa shape index (κ3) is 5.62. The zero-order valence-electron chi connectivity index (χ0n) is 14.9. The molecule has 2 heterocycles. The van der Waals surface area contributed by atoms with Crippen molar-refractivity contribution in [2.75, 3.05) is 39.3 Å². The van der Waals surface area contributed by atoms with Gasteiger partial charge in [-0.05, 0) is 6.92 Å². The van der Waals surface area contributed by atoms with Crippen LogP contribution in [0, 0.1) is 6.92 Å². The average Bonchev–Trinajstić information content (AvgIpc) is 2.88. The van der Waals surface area contributed by atoms with Crippen LogP contribution in [0.4, 0.5) is 0 Å². The molecule has 0 saturated carbocycles. The Bertz CT molecular complexity index is 513. The first-order valence-electron chi connectivity index (χ1n) is 8.53. The number of hydrogen-bond acceptors (Lipinski definition) is 5. The summed E-state index contributed by atoms with van der Waals surface area (Å²) >= 11 is 0. The van der Waals surface area contributed by atoms with Crippen LogP contribution in [0.3, 0.4) is 0 Å². The van der Waals surface area contributed by atoms with Gasteiger partial charge in [0.2, 0.25) is 5.91 Å². The van der Waals surface area contributed by atoms with Crippen molar-refractivity contribution >= 4 is 5.91 Å². The lowest BCUT2D eigenvalue weighted by Crippen LogP contribution is -2.46. The van der Waals surface area contributed by atoms with Crippen molar-refractivity contribution in [3.05, 3.63) is 17.3 Å². The lowest BCUT2D eigenvalue weighted by molar-refractivity contribution is -0.121. The van der Waals surface area contributed by atoms with Gasteiger partial charge in [0.25, 0.3) is 0 Å². The van der Waals surface area contributed by atoms with Crippen molar-refractivity contribution in [3.63, 3.8) is 0 Å². The molecule has 2 rings (SSSR count). The van der Waals surface area contributed by atoms with Crippen molar-refractivity contribution in [1.29, 1.82) is 0 Å². The number of carbonyl (C=O) groups excluding carboxylic acids is 1. The first-order chi connectivity index (χ1) is 10.9. The number of hydrogen-bond donors (Lipinski definition) is 2. The van der Waals surface area contributed by atoms with Gasteiger partial charge in [-0.3, -0.25) is 9.69 Å². The molecule has 1 amide bonds. The van der Waals surface area contributed by atoms with Gasteiger partial charge in [0.15, 0.2) is 5.89 Å². The third-order valence-electron chi connectivity index (χ3n) is 4.07. The van der Waals surface area contributed by atoms with Crippen LogP contribution >= 0.6 is 0 Å². The zero-order valence-corrected chi connectivity index (χ0v) is 14.9. The van der Waals surface area contributed by atoms with Crippen LogP contribution < -0.4 is 10.6 Å². The summed E-state index contributed by atoms with van der Waals surface area (Å²) in [4.78, 5) is 18.8. The number of piperazine rings is 1. The number of nitrogens with one attached hydrogen (secondary N) is 2. The van der Waals surface area contributed by atoms with E-state index in [2.05, 4.69) is 41.3 Å². The second-order valence-corrected chi connectivity index (χ2v) is 7.22. The van der Waals surface area contributed by atoms with E-state index in [4.69, 9.17) is 4.42 Å². The average molecular weight is 322 g/mol. The predicted molar refractivity (Wildman–Crippen MR) is 90.6 cm³/mol. The van der Waals surface area contributed by atoms with E-state index in [9.17, 15) is 4.79 Å². The van der Waals surface area contributed by atoms with E-state index in [-0.39, 0.29) is 11.3 Å². The van der Waals surface area contributed by atoms with Crippen LogP contribution in [0.1, 0.15) is 44.5 Å². The fraction of sp³-hybridized carbons (Fsp3) is 0.765. The molecule has 0 aliphatic carbocycles. The Morgan fingerprint density at radius 1 is 1.35 bits per heavy atom. The number of oxazole rings is 1. The minimum atomic E-state index is -0.103. The lowest BCUT2D eigenvalue weighted by atomic mass is 9.97. The van der Waals surface area contributed by atoms with Crippen molar-refractivity contribution in [2.24, 2.45) is 0 Å². The molecule has 1 saturated heterocycles. The summed E-state index contributed by atoms with van der Waals surface area (Å²) in [6.45, 7) is 14.0. The largest absolute Gasteiger partial charge is 0.445 e. The fourth-order valence-corrected chi connectivity index (χ4v) is 2.58. The van der Waals surface area contributed by atoms with Crippen LogP contribution in [0.25, 0.3) is 0 Å². The molecule has 0 aromatic carbocycles. The number of amides is 1. The zero-order chi connectivity index (χ0) is 16.9. The van der Waals surface area contributed by atoms with E-state index < -0.39 is 0 Å². The topological polar surface area (TPSA) is 70.4 Å². The molecule has 1 aliphatic rings. The van der Waals surface area contributed by atoms with Gasteiger partial charge in [0, 0.05) is 57.5 Å². The van der Waals surface area contributed by atoms with Crippen LogP contribution in [0.2, 0.25) is 0 Å². The molecule has 6 nitrogen and oxygen atoms in total. The summed E-state index contributed by atoms with van der Waals surface area (Å²) in [5.74, 6) is 1.64. The second kappa shape index (κ2) is 7.93. The highest BCUT2D eigenvalue weighted by Crippen LogP contribution is 2.24. The quantitative estimate of drug-likeness (QED) is 0.824. The van der Waals surface area contributed by atoms with Crippen LogP contribution in [-0.4, -0.2) is 55.1 Å². The molecule has 0 radical (unpaired) electrons. The molecule has 0 atom stereocenters. The van der Waals surface area contributed by atoms with Crippen molar-refractivity contribution in [1.82, 2.24) is 20.5 Å². The molecule has 0 spiro atoms. The Hall–Kier alpha value is -1.40. The summed E-state index contributed by atoms with van der Waals surface area (Å²) in [6, 6.07) is 0. The third-order valence-corrected chi connectivity index (χ3v) is 4.07. The van der Waals surface area contributed by atoms with E-state index in [1.807, 2.05) is 6.92 Å². The maximum Gasteiger partial charge on any atom is 0.220 e. The Morgan fingerprint density at radius 2 is 2.04 bits per heavy atom. The fourth-order valence-electron chi connectivity index (χ4n) is 2.58. The van der Waals surface area contributed by atoms with Gasteiger partial charge in [-0.15, -0.1) is 0 Å². The lowest BCUT2D eigenvalue weighted by Gasteiger charge is -2.27. The van der Waals surface area contributed by atoms with E-state index in [0.29, 0.717) is 19.4 Å². The monoisotopic (exact) mass is 322 g/mol. The van der Waals surface area contributed by atoms with Crippen molar-refractivity contribution in [2.45, 2.75) is 46.0 Å². The maximum absolute atomic E-state index is 12.0. The number of rotatable bonds is 6. The van der Waals surface area contributed by atoms with Gasteiger partial charge >= 0.3 is 0 Å². The highest BCUT2D eigenvalue weighted by Gasteiger charge is 2.22. The van der Waals surface area contributed by atoms with Gasteiger partial charge < -0.3 is 15.1 Å². The van der Waals surface area contributed by atoms with Crippen molar-refractivity contribution in [3.8, 4) is 0 Å². The Kier molecular flexibility index (Phi) is 6.18. The van der Waals surface area contributed by atoms with Gasteiger partial charge in [0.1, 0.15) is 5.76 Å². The highest BCUT2D eigenvalue weighted by atomic mass is 16.4. The maximum atomic E-state index is 12.0. The first-order valence-corrected chi connectivity index (χ1v) is 8.53. The number of carbonyl (C=O) groups is 1. The van der Waals surface area contributed by atoms with Gasteiger partial charge in [-0.25, -0.2) is 4.98 Å². The van der Waals surface area contributed by atoms with E-state index in [1.54, 1.807) is 0 Å². The number of aryl methyl sites for hydroxylation is 2. The molecule has 0 unspecified atom stereocenters. The Labute approximate surface area is 139 Å². The summed E-state index contributed by atoms with van der Waals surface area (Å²) in [7, 11) is 0. The summed E-state index contributed by atoms with van der Waals surface area (Å²) < 4.78 is 5.82. The molecular formula is C17H30N4O2. The molecule has 23 heavy (non-hydrogen) atoms. The summed E-state index contributed by atoms with van der Waals surface area (Å²) in [6.07, 6.45) is 1.05. The smallest absolute Gasteiger partial charge is 0.220 e. The van der Waals surface area contributed by atoms with Crippen LogP contribution in [0.5, 0.6) is 0 Å². The first kappa shape index (κ1) is 17.9. The van der Waals surface area contributed by atoms with E-state index in [1.165, 1.54) is 0 Å². The molecular weight excluding hydrogens is 292 g/mol. The summed E-state index contributed by atoms with van der Waals surface area (Å²) in [5, 5.41) is 6.32. The standard InChI is InChI=1S/C17H30N4O2/c1-13-14(23-16(20-13)17(2,3)4)5-6-15(22)19-9-12-21-10-7-18-8-11-21/h18H,5-12H2,1-4H3,(H,19,22). The van der Waals surface area contributed by atoms with E-state index in [0.717, 1.165) is 50.1 Å². The van der Waals surface area contributed by atoms with Crippen LogP contribution in [-0.2, 0) is 16.6 Å². The molecule has 130 valence electrons. The predicted octanol–water partition coefficient (Wildman–Crippen LogP) is 1.23. The Morgan fingerprint density at radius 3 is 2.65 bits per heavy atom. The number of aromatic nitrogens is 1. The highest BCUT2D eigenvalue weighted by molar-refractivity contribution is 5.76.